The van der Waals surface area contributed by atoms with Gasteiger partial charge >= 0.3 is 0 Å². The molecule has 0 saturated heterocycles. The van der Waals surface area contributed by atoms with Crippen molar-refractivity contribution < 1.29 is 4.74 Å². The Morgan fingerprint density at radius 3 is 1.95 bits per heavy atom. The minimum atomic E-state index is 0.739. The van der Waals surface area contributed by atoms with Crippen LogP contribution in [0.15, 0.2) is 60.9 Å². The zero-order valence-corrected chi connectivity index (χ0v) is 23.0. The van der Waals surface area contributed by atoms with E-state index in [-0.39, 0.29) is 0 Å². The minimum absolute atomic E-state index is 0.739. The lowest BCUT2D eigenvalue weighted by atomic mass is 9.99. The Morgan fingerprint density at radius 1 is 0.676 bits per heavy atom. The molecule has 0 aliphatic heterocycles. The van der Waals surface area contributed by atoms with Crippen molar-refractivity contribution in [3.8, 4) is 28.3 Å². The van der Waals surface area contributed by atoms with E-state index in [0.717, 1.165) is 36.1 Å². The summed E-state index contributed by atoms with van der Waals surface area (Å²) in [6.45, 7) is 3.00. The van der Waals surface area contributed by atoms with E-state index in [1.54, 1.807) is 12.4 Å². The Hall–Kier alpha value is -2.68. The van der Waals surface area contributed by atoms with Crippen LogP contribution < -0.4 is 4.74 Å². The van der Waals surface area contributed by atoms with Gasteiger partial charge in [0.25, 0.3) is 0 Å². The van der Waals surface area contributed by atoms with Crippen LogP contribution in [0, 0.1) is 5.92 Å². The Balaban J connectivity index is 1.13. The van der Waals surface area contributed by atoms with E-state index in [9.17, 15) is 0 Å². The number of hydrogen-bond acceptors (Lipinski definition) is 3. The summed E-state index contributed by atoms with van der Waals surface area (Å²) >= 11 is 0. The summed E-state index contributed by atoms with van der Waals surface area (Å²) in [5.41, 5.74) is 4.92. The standard InChI is InChI=1S/C34H46N2O/c1-2-3-8-13-29-17-19-30(20-18-29)31-21-23-32(24-22-31)34-35-26-33(27-36-34)37-25-12-7-5-4-6-9-14-28-15-10-11-16-28/h17-24,26-28H,2-16,25H2,1H3. The molecule has 0 bridgehead atoms. The monoisotopic (exact) mass is 498 g/mol. The molecule has 3 heteroatoms. The second-order valence-corrected chi connectivity index (χ2v) is 10.9. The van der Waals surface area contributed by atoms with Gasteiger partial charge in [0.05, 0.1) is 19.0 Å². The van der Waals surface area contributed by atoms with Gasteiger partial charge in [-0.2, -0.15) is 0 Å². The molecule has 3 aromatic rings. The highest BCUT2D eigenvalue weighted by Gasteiger charge is 2.13. The van der Waals surface area contributed by atoms with Gasteiger partial charge in [0.2, 0.25) is 0 Å². The van der Waals surface area contributed by atoms with Gasteiger partial charge in [-0.15, -0.1) is 0 Å². The first-order chi connectivity index (χ1) is 18.3. The van der Waals surface area contributed by atoms with Gasteiger partial charge in [-0.1, -0.05) is 133 Å². The van der Waals surface area contributed by atoms with Crippen molar-refractivity contribution in [2.24, 2.45) is 5.92 Å². The zero-order valence-electron chi connectivity index (χ0n) is 23.0. The van der Waals surface area contributed by atoms with Crippen LogP contribution in [0.1, 0.15) is 102 Å². The van der Waals surface area contributed by atoms with Gasteiger partial charge in [-0.05, 0) is 41.9 Å². The Morgan fingerprint density at radius 2 is 1.27 bits per heavy atom. The normalized spacial score (nSPS) is 13.8. The van der Waals surface area contributed by atoms with Crippen LogP contribution in [0.5, 0.6) is 5.75 Å². The van der Waals surface area contributed by atoms with E-state index in [4.69, 9.17) is 4.74 Å². The number of benzene rings is 2. The quantitative estimate of drug-likeness (QED) is 0.184. The van der Waals surface area contributed by atoms with Gasteiger partial charge in [0.15, 0.2) is 11.6 Å². The lowest BCUT2D eigenvalue weighted by Crippen LogP contribution is -1.99. The average molecular weight is 499 g/mol. The summed E-state index contributed by atoms with van der Waals surface area (Å²) < 4.78 is 5.88. The van der Waals surface area contributed by atoms with Crippen LogP contribution in [0.2, 0.25) is 0 Å². The van der Waals surface area contributed by atoms with Crippen molar-refractivity contribution in [3.63, 3.8) is 0 Å². The number of ether oxygens (including phenoxy) is 1. The molecule has 0 N–H and O–H groups in total. The molecule has 4 rings (SSSR count). The molecule has 0 radical (unpaired) electrons. The summed E-state index contributed by atoms with van der Waals surface area (Å²) in [6.07, 6.45) is 23.9. The number of hydrogen-bond donors (Lipinski definition) is 0. The van der Waals surface area contributed by atoms with Crippen LogP contribution in [0.3, 0.4) is 0 Å². The number of nitrogens with zero attached hydrogens (tertiary/aromatic N) is 2. The summed E-state index contributed by atoms with van der Waals surface area (Å²) in [7, 11) is 0. The maximum atomic E-state index is 5.88. The Bertz CT molecular complexity index is 1010. The van der Waals surface area contributed by atoms with Crippen molar-refractivity contribution in [1.29, 1.82) is 0 Å². The first-order valence-corrected chi connectivity index (χ1v) is 15.0. The minimum Gasteiger partial charge on any atom is -0.490 e. The molecule has 0 amide bonds. The Kier molecular flexibility index (Phi) is 11.5. The fraction of sp³-hybridized carbons (Fsp3) is 0.529. The van der Waals surface area contributed by atoms with Crippen molar-refractivity contribution in [2.45, 2.75) is 103 Å². The SMILES string of the molecule is CCCCCc1ccc(-c2ccc(-c3ncc(OCCCCCCCCC4CCCC4)cn3)cc2)cc1. The fourth-order valence-electron chi connectivity index (χ4n) is 5.53. The van der Waals surface area contributed by atoms with Crippen molar-refractivity contribution in [3.05, 3.63) is 66.5 Å². The molecule has 1 aromatic heterocycles. The van der Waals surface area contributed by atoms with Crippen molar-refractivity contribution in [2.75, 3.05) is 6.61 Å². The highest BCUT2D eigenvalue weighted by Crippen LogP contribution is 2.29. The average Bonchev–Trinajstić information content (AvgIpc) is 3.47. The highest BCUT2D eigenvalue weighted by molar-refractivity contribution is 5.67. The molecule has 2 aromatic carbocycles. The molecular formula is C34H46N2O. The predicted molar refractivity (Wildman–Crippen MR) is 156 cm³/mol. The highest BCUT2D eigenvalue weighted by atomic mass is 16.5. The molecule has 0 spiro atoms. The maximum absolute atomic E-state index is 5.88. The van der Waals surface area contributed by atoms with Crippen LogP contribution in [-0.2, 0) is 6.42 Å². The molecule has 198 valence electrons. The van der Waals surface area contributed by atoms with E-state index in [2.05, 4.69) is 65.4 Å². The van der Waals surface area contributed by atoms with Gasteiger partial charge in [-0.3, -0.25) is 0 Å². The summed E-state index contributed by atoms with van der Waals surface area (Å²) in [5.74, 6) is 2.54. The van der Waals surface area contributed by atoms with Crippen molar-refractivity contribution in [1.82, 2.24) is 9.97 Å². The van der Waals surface area contributed by atoms with Crippen molar-refractivity contribution >= 4 is 0 Å². The molecule has 1 aliphatic rings. The third-order valence-electron chi connectivity index (χ3n) is 7.88. The zero-order chi connectivity index (χ0) is 25.5. The largest absolute Gasteiger partial charge is 0.490 e. The first kappa shape index (κ1) is 27.4. The first-order valence-electron chi connectivity index (χ1n) is 15.0. The molecule has 1 saturated carbocycles. The maximum Gasteiger partial charge on any atom is 0.159 e. The van der Waals surface area contributed by atoms with E-state index in [1.807, 2.05) is 0 Å². The number of aryl methyl sites for hydroxylation is 1. The lowest BCUT2D eigenvalue weighted by molar-refractivity contribution is 0.302. The van der Waals surface area contributed by atoms with Gasteiger partial charge in [0.1, 0.15) is 0 Å². The Labute approximate surface area is 225 Å². The second-order valence-electron chi connectivity index (χ2n) is 10.9. The van der Waals surface area contributed by atoms with E-state index < -0.39 is 0 Å². The molecule has 1 aliphatic carbocycles. The van der Waals surface area contributed by atoms with E-state index in [1.165, 1.54) is 107 Å². The smallest absolute Gasteiger partial charge is 0.159 e. The van der Waals surface area contributed by atoms with Gasteiger partial charge < -0.3 is 4.74 Å². The third kappa shape index (κ3) is 9.29. The second kappa shape index (κ2) is 15.5. The number of unbranched alkanes of at least 4 members (excludes halogenated alkanes) is 7. The lowest BCUT2D eigenvalue weighted by Gasteiger charge is -2.08. The molecule has 0 atom stereocenters. The van der Waals surface area contributed by atoms with Gasteiger partial charge in [0, 0.05) is 5.56 Å². The topological polar surface area (TPSA) is 35.0 Å². The van der Waals surface area contributed by atoms with E-state index in [0.29, 0.717) is 0 Å². The number of aromatic nitrogens is 2. The molecule has 1 fully saturated rings. The van der Waals surface area contributed by atoms with Gasteiger partial charge in [-0.25, -0.2) is 9.97 Å². The van der Waals surface area contributed by atoms with Crippen LogP contribution in [-0.4, -0.2) is 16.6 Å². The summed E-state index contributed by atoms with van der Waals surface area (Å²) in [4.78, 5) is 9.09. The summed E-state index contributed by atoms with van der Waals surface area (Å²) in [6, 6.07) is 17.5. The van der Waals surface area contributed by atoms with Crippen LogP contribution in [0.25, 0.3) is 22.5 Å². The van der Waals surface area contributed by atoms with E-state index >= 15 is 0 Å². The number of rotatable bonds is 16. The molecular weight excluding hydrogens is 452 g/mol. The third-order valence-corrected chi connectivity index (χ3v) is 7.88. The van der Waals surface area contributed by atoms with Crippen LogP contribution >= 0.6 is 0 Å². The molecule has 3 nitrogen and oxygen atoms in total. The van der Waals surface area contributed by atoms with Crippen LogP contribution in [0.4, 0.5) is 0 Å². The predicted octanol–water partition coefficient (Wildman–Crippen LogP) is 9.84. The molecule has 1 heterocycles. The summed E-state index contributed by atoms with van der Waals surface area (Å²) in [5, 5.41) is 0. The molecule has 37 heavy (non-hydrogen) atoms. The molecule has 0 unspecified atom stereocenters. The fourth-order valence-corrected chi connectivity index (χ4v) is 5.53.